The Bertz CT molecular complexity index is 556. The van der Waals surface area contributed by atoms with Crippen LogP contribution in [0.5, 0.6) is 0 Å². The van der Waals surface area contributed by atoms with Crippen LogP contribution in [-0.2, 0) is 9.53 Å². The van der Waals surface area contributed by atoms with Gasteiger partial charge in [0.05, 0.1) is 10.6 Å². The smallest absolute Gasteiger partial charge is 0.340 e. The zero-order valence-corrected chi connectivity index (χ0v) is 14.4. The van der Waals surface area contributed by atoms with Crippen molar-refractivity contribution < 1.29 is 14.3 Å². The number of benzene rings is 1. The minimum Gasteiger partial charge on any atom is -0.452 e. The minimum absolute atomic E-state index is 0.141. The number of thioether (sulfide) groups is 1. The molecule has 120 valence electrons. The standard InChI is InChI=1S/C16H20ClNO3S/c1-11-5-7-18(8-6-11)15(19)10-21-16(20)13-9-12(22-2)3-4-14(13)17/h3-4,9,11H,5-8,10H2,1-2H3. The van der Waals surface area contributed by atoms with Crippen molar-refractivity contribution >= 4 is 35.2 Å². The normalized spacial score (nSPS) is 15.7. The maximum Gasteiger partial charge on any atom is 0.340 e. The van der Waals surface area contributed by atoms with Crippen molar-refractivity contribution in [3.05, 3.63) is 28.8 Å². The molecule has 0 N–H and O–H groups in total. The fraction of sp³-hybridized carbons (Fsp3) is 0.500. The zero-order valence-electron chi connectivity index (χ0n) is 12.8. The third kappa shape index (κ3) is 4.40. The maximum atomic E-state index is 12.1. The molecule has 22 heavy (non-hydrogen) atoms. The van der Waals surface area contributed by atoms with Gasteiger partial charge in [0.25, 0.3) is 5.91 Å². The molecule has 6 heteroatoms. The molecule has 0 aliphatic carbocycles. The van der Waals surface area contributed by atoms with E-state index in [4.69, 9.17) is 16.3 Å². The van der Waals surface area contributed by atoms with E-state index in [1.165, 1.54) is 11.8 Å². The van der Waals surface area contributed by atoms with Gasteiger partial charge in [-0.25, -0.2) is 4.79 Å². The highest BCUT2D eigenvalue weighted by atomic mass is 35.5. The van der Waals surface area contributed by atoms with Gasteiger partial charge < -0.3 is 9.64 Å². The molecule has 0 aromatic heterocycles. The van der Waals surface area contributed by atoms with Gasteiger partial charge in [0.2, 0.25) is 0 Å². The summed E-state index contributed by atoms with van der Waals surface area (Å²) in [5.41, 5.74) is 0.300. The summed E-state index contributed by atoms with van der Waals surface area (Å²) in [7, 11) is 0. The monoisotopic (exact) mass is 341 g/mol. The molecule has 0 saturated carbocycles. The van der Waals surface area contributed by atoms with Crippen molar-refractivity contribution in [2.75, 3.05) is 26.0 Å². The van der Waals surface area contributed by atoms with E-state index in [0.717, 1.165) is 30.8 Å². The van der Waals surface area contributed by atoms with Crippen LogP contribution >= 0.6 is 23.4 Å². The third-order valence-corrected chi connectivity index (χ3v) is 4.91. The lowest BCUT2D eigenvalue weighted by molar-refractivity contribution is -0.135. The fourth-order valence-electron chi connectivity index (χ4n) is 2.34. The summed E-state index contributed by atoms with van der Waals surface area (Å²) in [5.74, 6) is -0.0447. The second-order valence-electron chi connectivity index (χ2n) is 5.49. The number of halogens is 1. The number of piperidine rings is 1. The van der Waals surface area contributed by atoms with Crippen LogP contribution in [0.25, 0.3) is 0 Å². The molecule has 1 aliphatic heterocycles. The molecule has 0 unspecified atom stereocenters. The van der Waals surface area contributed by atoms with Crippen LogP contribution in [0.4, 0.5) is 0 Å². The van der Waals surface area contributed by atoms with Gasteiger partial charge in [0.1, 0.15) is 0 Å². The van der Waals surface area contributed by atoms with E-state index in [1.54, 1.807) is 17.0 Å². The Hall–Kier alpha value is -1.20. The summed E-state index contributed by atoms with van der Waals surface area (Å²) in [5, 5.41) is 0.335. The van der Waals surface area contributed by atoms with Gasteiger partial charge >= 0.3 is 5.97 Å². The SMILES string of the molecule is CSc1ccc(Cl)c(C(=O)OCC(=O)N2CCC(C)CC2)c1. The largest absolute Gasteiger partial charge is 0.452 e. The molecule has 1 saturated heterocycles. The van der Waals surface area contributed by atoms with Crippen LogP contribution in [0, 0.1) is 5.92 Å². The molecule has 4 nitrogen and oxygen atoms in total. The Morgan fingerprint density at radius 3 is 2.68 bits per heavy atom. The first-order valence-electron chi connectivity index (χ1n) is 7.29. The predicted molar refractivity (Wildman–Crippen MR) is 88.5 cm³/mol. The lowest BCUT2D eigenvalue weighted by atomic mass is 9.99. The van der Waals surface area contributed by atoms with Crippen LogP contribution in [0.2, 0.25) is 5.02 Å². The summed E-state index contributed by atoms with van der Waals surface area (Å²) in [6.45, 7) is 3.43. The molecular weight excluding hydrogens is 322 g/mol. The molecule has 1 aromatic rings. The van der Waals surface area contributed by atoms with E-state index in [1.807, 2.05) is 12.3 Å². The van der Waals surface area contributed by atoms with E-state index in [0.29, 0.717) is 16.5 Å². The molecule has 1 aromatic carbocycles. The van der Waals surface area contributed by atoms with Gasteiger partial charge in [0.15, 0.2) is 6.61 Å². The zero-order chi connectivity index (χ0) is 16.1. The van der Waals surface area contributed by atoms with Gasteiger partial charge in [-0.2, -0.15) is 0 Å². The highest BCUT2D eigenvalue weighted by Gasteiger charge is 2.22. The number of hydrogen-bond acceptors (Lipinski definition) is 4. The summed E-state index contributed by atoms with van der Waals surface area (Å²) in [6, 6.07) is 5.18. The number of carbonyl (C=O) groups excluding carboxylic acids is 2. The van der Waals surface area contributed by atoms with Crippen molar-refractivity contribution in [3.63, 3.8) is 0 Å². The highest BCUT2D eigenvalue weighted by molar-refractivity contribution is 7.98. The van der Waals surface area contributed by atoms with Crippen LogP contribution < -0.4 is 0 Å². The second-order valence-corrected chi connectivity index (χ2v) is 6.77. The van der Waals surface area contributed by atoms with E-state index in [9.17, 15) is 9.59 Å². The number of rotatable bonds is 4. The minimum atomic E-state index is -0.556. The number of esters is 1. The van der Waals surface area contributed by atoms with E-state index >= 15 is 0 Å². The number of amides is 1. The Morgan fingerprint density at radius 2 is 2.05 bits per heavy atom. The van der Waals surface area contributed by atoms with Crippen LogP contribution in [0.3, 0.4) is 0 Å². The second kappa shape index (κ2) is 7.88. The van der Waals surface area contributed by atoms with Gasteiger partial charge in [-0.3, -0.25) is 4.79 Å². The van der Waals surface area contributed by atoms with Crippen LogP contribution in [-0.4, -0.2) is 42.7 Å². The lowest BCUT2D eigenvalue weighted by Crippen LogP contribution is -2.40. The summed E-state index contributed by atoms with van der Waals surface area (Å²) in [6.07, 6.45) is 3.92. The van der Waals surface area contributed by atoms with Gasteiger partial charge in [0, 0.05) is 18.0 Å². The molecule has 0 radical (unpaired) electrons. The summed E-state index contributed by atoms with van der Waals surface area (Å²) >= 11 is 7.54. The van der Waals surface area contributed by atoms with Crippen molar-refractivity contribution in [1.82, 2.24) is 4.90 Å². The molecule has 1 heterocycles. The first-order chi connectivity index (χ1) is 10.5. The molecule has 0 spiro atoms. The summed E-state index contributed by atoms with van der Waals surface area (Å²) < 4.78 is 5.13. The quantitative estimate of drug-likeness (QED) is 0.621. The van der Waals surface area contributed by atoms with Crippen LogP contribution in [0.1, 0.15) is 30.1 Å². The molecule has 0 bridgehead atoms. The van der Waals surface area contributed by atoms with Gasteiger partial charge in [-0.05, 0) is 43.2 Å². The Kier molecular flexibility index (Phi) is 6.15. The number of likely N-dealkylation sites (tertiary alicyclic amines) is 1. The number of nitrogens with zero attached hydrogens (tertiary/aromatic N) is 1. The molecule has 1 amide bonds. The molecular formula is C16H20ClNO3S. The molecule has 0 atom stereocenters. The average molecular weight is 342 g/mol. The first-order valence-corrected chi connectivity index (χ1v) is 8.90. The Labute approximate surface area is 140 Å². The highest BCUT2D eigenvalue weighted by Crippen LogP contribution is 2.23. The van der Waals surface area contributed by atoms with Gasteiger partial charge in [-0.15, -0.1) is 11.8 Å². The topological polar surface area (TPSA) is 46.6 Å². The Morgan fingerprint density at radius 1 is 1.36 bits per heavy atom. The number of ether oxygens (including phenoxy) is 1. The van der Waals surface area contributed by atoms with E-state index in [2.05, 4.69) is 6.92 Å². The number of carbonyl (C=O) groups is 2. The maximum absolute atomic E-state index is 12.1. The van der Waals surface area contributed by atoms with E-state index < -0.39 is 5.97 Å². The van der Waals surface area contributed by atoms with Crippen molar-refractivity contribution in [2.24, 2.45) is 5.92 Å². The van der Waals surface area contributed by atoms with Crippen LogP contribution in [0.15, 0.2) is 23.1 Å². The molecule has 1 aliphatic rings. The lowest BCUT2D eigenvalue weighted by Gasteiger charge is -2.30. The predicted octanol–water partition coefficient (Wildman–Crippen LogP) is 3.48. The fourth-order valence-corrected chi connectivity index (χ4v) is 2.98. The third-order valence-electron chi connectivity index (χ3n) is 3.86. The van der Waals surface area contributed by atoms with Crippen molar-refractivity contribution in [3.8, 4) is 0 Å². The molecule has 2 rings (SSSR count). The van der Waals surface area contributed by atoms with Gasteiger partial charge in [-0.1, -0.05) is 18.5 Å². The molecule has 1 fully saturated rings. The van der Waals surface area contributed by atoms with E-state index in [-0.39, 0.29) is 12.5 Å². The number of hydrogen-bond donors (Lipinski definition) is 0. The summed E-state index contributed by atoms with van der Waals surface area (Å²) in [4.78, 5) is 26.8. The average Bonchev–Trinajstić information content (AvgIpc) is 2.53. The first kappa shape index (κ1) is 17.2. The Balaban J connectivity index is 1.91. The van der Waals surface area contributed by atoms with Crippen molar-refractivity contribution in [2.45, 2.75) is 24.7 Å². The van der Waals surface area contributed by atoms with Crippen molar-refractivity contribution in [1.29, 1.82) is 0 Å².